The summed E-state index contributed by atoms with van der Waals surface area (Å²) < 4.78 is 29.7. The van der Waals surface area contributed by atoms with Crippen molar-refractivity contribution in [3.63, 3.8) is 0 Å². The summed E-state index contributed by atoms with van der Waals surface area (Å²) in [5.41, 5.74) is 4.91. The number of benzene rings is 3. The number of pyridine rings is 1. The zero-order valence-corrected chi connectivity index (χ0v) is 17.1. The van der Waals surface area contributed by atoms with Crippen LogP contribution in [0.4, 0.5) is 20.2 Å². The van der Waals surface area contributed by atoms with Gasteiger partial charge in [0.05, 0.1) is 27.7 Å². The summed E-state index contributed by atoms with van der Waals surface area (Å²) in [6, 6.07) is 19.5. The standard InChI is InChI=1S/C22H15F2N3.HI/c1-27-19-9-5-3-7-15(19)20(26-18-11-10-13(23)12-16(18)24)21-22(27)14-6-2-4-8-17(14)25-21;/h2-12H,1H3,(H,25,26);1H. The first-order chi connectivity index (χ1) is 13.1. The van der Waals surface area contributed by atoms with Crippen molar-refractivity contribution >= 4 is 44.2 Å². The van der Waals surface area contributed by atoms with E-state index in [0.717, 1.165) is 44.6 Å². The Kier molecular flexibility index (Phi) is 4.66. The number of nitrogens with zero attached hydrogens (tertiary/aromatic N) is 1. The largest absolute Gasteiger partial charge is 1.00 e. The normalized spacial score (nSPS) is 11.1. The lowest BCUT2D eigenvalue weighted by Crippen LogP contribution is -3.00. The Bertz CT molecular complexity index is 1340. The van der Waals surface area contributed by atoms with Crippen molar-refractivity contribution in [2.75, 3.05) is 5.32 Å². The van der Waals surface area contributed by atoms with Gasteiger partial charge in [-0.2, -0.15) is 4.57 Å². The highest BCUT2D eigenvalue weighted by atomic mass is 127. The number of para-hydroxylation sites is 2. The summed E-state index contributed by atoms with van der Waals surface area (Å²) in [7, 11) is 2.02. The van der Waals surface area contributed by atoms with Gasteiger partial charge in [-0.3, -0.25) is 0 Å². The molecule has 140 valence electrons. The number of nitrogens with one attached hydrogen (secondary N) is 2. The van der Waals surface area contributed by atoms with Gasteiger partial charge in [-0.25, -0.2) is 8.78 Å². The molecule has 0 bridgehead atoms. The highest BCUT2D eigenvalue weighted by Gasteiger charge is 2.22. The van der Waals surface area contributed by atoms with E-state index in [2.05, 4.69) is 20.9 Å². The molecule has 0 spiro atoms. The maximum absolute atomic E-state index is 14.3. The van der Waals surface area contributed by atoms with Crippen molar-refractivity contribution in [2.45, 2.75) is 0 Å². The minimum atomic E-state index is -0.628. The maximum atomic E-state index is 14.3. The van der Waals surface area contributed by atoms with Crippen LogP contribution < -0.4 is 33.9 Å². The molecule has 0 saturated heterocycles. The second kappa shape index (κ2) is 7.01. The molecule has 0 radical (unpaired) electrons. The fraction of sp³-hybridized carbons (Fsp3) is 0.0455. The number of aromatic amines is 1. The number of rotatable bonds is 2. The highest BCUT2D eigenvalue weighted by molar-refractivity contribution is 6.13. The molecule has 0 aliphatic carbocycles. The van der Waals surface area contributed by atoms with Gasteiger partial charge in [0.15, 0.2) is 0 Å². The monoisotopic (exact) mass is 487 g/mol. The number of anilines is 2. The van der Waals surface area contributed by atoms with Gasteiger partial charge in [-0.15, -0.1) is 0 Å². The van der Waals surface area contributed by atoms with Crippen molar-refractivity contribution in [1.82, 2.24) is 4.98 Å². The molecule has 5 aromatic rings. The molecular formula is C22H16F2IN3. The van der Waals surface area contributed by atoms with Crippen LogP contribution in [0.15, 0.2) is 66.7 Å². The van der Waals surface area contributed by atoms with Crippen LogP contribution in [0.3, 0.4) is 0 Å². The van der Waals surface area contributed by atoms with E-state index in [-0.39, 0.29) is 29.7 Å². The number of aryl methyl sites for hydroxylation is 1. The average Bonchev–Trinajstić information content (AvgIpc) is 3.06. The summed E-state index contributed by atoms with van der Waals surface area (Å²) in [5.74, 6) is -1.23. The van der Waals surface area contributed by atoms with Crippen LogP contribution >= 0.6 is 0 Å². The fourth-order valence-corrected chi connectivity index (χ4v) is 3.74. The van der Waals surface area contributed by atoms with Gasteiger partial charge in [-0.1, -0.05) is 24.3 Å². The van der Waals surface area contributed by atoms with Crippen molar-refractivity contribution < 1.29 is 37.3 Å². The second-order valence-corrected chi connectivity index (χ2v) is 6.59. The van der Waals surface area contributed by atoms with Crippen molar-refractivity contribution in [3.05, 3.63) is 78.4 Å². The van der Waals surface area contributed by atoms with E-state index in [0.29, 0.717) is 0 Å². The van der Waals surface area contributed by atoms with E-state index in [1.54, 1.807) is 0 Å². The molecule has 2 heterocycles. The minimum absolute atomic E-state index is 0. The van der Waals surface area contributed by atoms with Crippen LogP contribution in [0.2, 0.25) is 0 Å². The molecule has 0 amide bonds. The highest BCUT2D eigenvalue weighted by Crippen LogP contribution is 2.35. The summed E-state index contributed by atoms with van der Waals surface area (Å²) in [4.78, 5) is 3.45. The van der Waals surface area contributed by atoms with Gasteiger partial charge in [0.2, 0.25) is 11.0 Å². The summed E-state index contributed by atoms with van der Waals surface area (Å²) >= 11 is 0. The molecule has 0 saturated carbocycles. The number of halogens is 3. The molecule has 0 aliphatic rings. The zero-order chi connectivity index (χ0) is 18.5. The smallest absolute Gasteiger partial charge is 0.240 e. The van der Waals surface area contributed by atoms with Crippen molar-refractivity contribution in [2.24, 2.45) is 7.05 Å². The third kappa shape index (κ3) is 2.79. The van der Waals surface area contributed by atoms with Crippen LogP contribution in [0.1, 0.15) is 0 Å². The van der Waals surface area contributed by atoms with Crippen LogP contribution in [0, 0.1) is 11.6 Å². The molecule has 2 N–H and O–H groups in total. The molecular weight excluding hydrogens is 471 g/mol. The van der Waals surface area contributed by atoms with Gasteiger partial charge in [-0.05, 0) is 30.3 Å². The number of fused-ring (bicyclic) bond motifs is 4. The summed E-state index contributed by atoms with van der Waals surface area (Å²) in [6.45, 7) is 0. The Morgan fingerprint density at radius 3 is 2.39 bits per heavy atom. The van der Waals surface area contributed by atoms with Crippen LogP contribution in [-0.4, -0.2) is 4.98 Å². The predicted molar refractivity (Wildman–Crippen MR) is 104 cm³/mol. The molecule has 6 heteroatoms. The Morgan fingerprint density at radius 2 is 1.61 bits per heavy atom. The second-order valence-electron chi connectivity index (χ2n) is 6.59. The number of hydrogen-bond donors (Lipinski definition) is 2. The maximum Gasteiger partial charge on any atom is 0.240 e. The van der Waals surface area contributed by atoms with Gasteiger partial charge >= 0.3 is 0 Å². The molecule has 3 aromatic carbocycles. The SMILES string of the molecule is C[n+]1c2ccccc2c(Nc2ccc(F)cc2F)c2[nH]c3ccccc3c21.[I-]. The van der Waals surface area contributed by atoms with Crippen LogP contribution in [0.25, 0.3) is 32.8 Å². The lowest BCUT2D eigenvalue weighted by Gasteiger charge is -2.11. The van der Waals surface area contributed by atoms with E-state index in [1.165, 1.54) is 12.1 Å². The molecule has 0 unspecified atom stereocenters. The first kappa shape index (κ1) is 18.6. The van der Waals surface area contributed by atoms with Crippen molar-refractivity contribution in [3.8, 4) is 0 Å². The fourth-order valence-electron chi connectivity index (χ4n) is 3.74. The Hall–Kier alpha value is -2.74. The molecule has 28 heavy (non-hydrogen) atoms. The Morgan fingerprint density at radius 1 is 0.893 bits per heavy atom. The van der Waals surface area contributed by atoms with Crippen LogP contribution in [0.5, 0.6) is 0 Å². The lowest BCUT2D eigenvalue weighted by atomic mass is 10.1. The van der Waals surface area contributed by atoms with Gasteiger partial charge in [0.25, 0.3) is 0 Å². The van der Waals surface area contributed by atoms with E-state index >= 15 is 0 Å². The quantitative estimate of drug-likeness (QED) is 0.291. The van der Waals surface area contributed by atoms with Gasteiger partial charge in [0, 0.05) is 12.1 Å². The Labute approximate surface area is 177 Å². The zero-order valence-electron chi connectivity index (χ0n) is 14.9. The number of hydrogen-bond acceptors (Lipinski definition) is 1. The molecule has 0 atom stereocenters. The first-order valence-electron chi connectivity index (χ1n) is 8.67. The Balaban J connectivity index is 0.00000192. The predicted octanol–water partition coefficient (Wildman–Crippen LogP) is 2.32. The van der Waals surface area contributed by atoms with Crippen molar-refractivity contribution in [1.29, 1.82) is 0 Å². The molecule has 3 nitrogen and oxygen atoms in total. The molecule has 2 aromatic heterocycles. The third-order valence-corrected chi connectivity index (χ3v) is 4.99. The number of aromatic nitrogens is 2. The minimum Gasteiger partial charge on any atom is -1.00 e. The lowest BCUT2D eigenvalue weighted by molar-refractivity contribution is -0.616. The van der Waals surface area contributed by atoms with E-state index < -0.39 is 11.6 Å². The van der Waals surface area contributed by atoms with Crippen LogP contribution in [-0.2, 0) is 7.05 Å². The summed E-state index contributed by atoms with van der Waals surface area (Å²) in [5, 5.41) is 5.22. The summed E-state index contributed by atoms with van der Waals surface area (Å²) in [6.07, 6.45) is 0. The molecule has 0 fully saturated rings. The van der Waals surface area contributed by atoms with E-state index in [4.69, 9.17) is 0 Å². The first-order valence-corrected chi connectivity index (χ1v) is 8.67. The van der Waals surface area contributed by atoms with E-state index in [9.17, 15) is 8.78 Å². The van der Waals surface area contributed by atoms with Gasteiger partial charge < -0.3 is 34.3 Å². The van der Waals surface area contributed by atoms with E-state index in [1.807, 2.05) is 49.5 Å². The number of H-pyrrole nitrogens is 1. The van der Waals surface area contributed by atoms with Gasteiger partial charge in [0.1, 0.15) is 24.2 Å². The molecule has 0 aliphatic heterocycles. The topological polar surface area (TPSA) is 31.7 Å². The average molecular weight is 487 g/mol. The molecule has 5 rings (SSSR count). The third-order valence-electron chi connectivity index (χ3n) is 4.99.